The second-order valence-electron chi connectivity index (χ2n) is 4.13. The monoisotopic (exact) mass is 236 g/mol. The van der Waals surface area contributed by atoms with Gasteiger partial charge in [-0.1, -0.05) is 18.2 Å². The summed E-state index contributed by atoms with van der Waals surface area (Å²) in [5.41, 5.74) is 2.76. The van der Waals surface area contributed by atoms with E-state index in [0.717, 1.165) is 23.7 Å². The van der Waals surface area contributed by atoms with E-state index in [2.05, 4.69) is 11.0 Å². The van der Waals surface area contributed by atoms with Crippen molar-refractivity contribution in [1.82, 2.24) is 0 Å². The number of nitriles is 1. The Labute approximate surface area is 106 Å². The third-order valence-electron chi connectivity index (χ3n) is 3.02. The van der Waals surface area contributed by atoms with Gasteiger partial charge in [-0.05, 0) is 30.3 Å². The van der Waals surface area contributed by atoms with E-state index in [9.17, 15) is 0 Å². The zero-order valence-electron chi connectivity index (χ0n) is 9.84. The number of hydrogen-bond acceptors (Lipinski definition) is 3. The Kier molecular flexibility index (Phi) is 2.62. The van der Waals surface area contributed by atoms with E-state index in [-0.39, 0.29) is 0 Å². The van der Waals surface area contributed by atoms with E-state index >= 15 is 0 Å². The first-order valence-corrected chi connectivity index (χ1v) is 5.88. The van der Waals surface area contributed by atoms with Gasteiger partial charge in [0.15, 0.2) is 0 Å². The van der Waals surface area contributed by atoms with Crippen molar-refractivity contribution in [2.45, 2.75) is 0 Å². The standard InChI is InChI=1S/C15H12N2O/c16-11-12-4-3-5-13(10-12)17-8-9-18-15-7-2-1-6-14(15)17/h1-7,10H,8-9H2. The quantitative estimate of drug-likeness (QED) is 0.763. The molecule has 0 aliphatic carbocycles. The highest BCUT2D eigenvalue weighted by Crippen LogP contribution is 2.36. The largest absolute Gasteiger partial charge is 0.490 e. The van der Waals surface area contributed by atoms with E-state index < -0.39 is 0 Å². The van der Waals surface area contributed by atoms with Crippen LogP contribution in [0.3, 0.4) is 0 Å². The van der Waals surface area contributed by atoms with Crippen LogP contribution in [0.15, 0.2) is 48.5 Å². The summed E-state index contributed by atoms with van der Waals surface area (Å²) in [4.78, 5) is 2.18. The van der Waals surface area contributed by atoms with E-state index in [1.165, 1.54) is 0 Å². The minimum atomic E-state index is 0.661. The molecule has 1 heterocycles. The average molecular weight is 236 g/mol. The molecule has 1 aliphatic rings. The predicted molar refractivity (Wildman–Crippen MR) is 70.1 cm³/mol. The average Bonchev–Trinajstić information content (AvgIpc) is 2.47. The Balaban J connectivity index is 2.06. The molecule has 0 radical (unpaired) electrons. The lowest BCUT2D eigenvalue weighted by molar-refractivity contribution is 0.314. The van der Waals surface area contributed by atoms with Crippen LogP contribution >= 0.6 is 0 Å². The maximum Gasteiger partial charge on any atom is 0.143 e. The van der Waals surface area contributed by atoms with Crippen LogP contribution in [-0.4, -0.2) is 13.2 Å². The summed E-state index contributed by atoms with van der Waals surface area (Å²) < 4.78 is 5.63. The highest BCUT2D eigenvalue weighted by atomic mass is 16.5. The van der Waals surface area contributed by atoms with Crippen LogP contribution in [-0.2, 0) is 0 Å². The molecule has 0 atom stereocenters. The Hall–Kier alpha value is -2.47. The first-order valence-electron chi connectivity index (χ1n) is 5.88. The van der Waals surface area contributed by atoms with Gasteiger partial charge < -0.3 is 9.64 Å². The van der Waals surface area contributed by atoms with Crippen molar-refractivity contribution in [3.05, 3.63) is 54.1 Å². The number of ether oxygens (including phenoxy) is 1. The van der Waals surface area contributed by atoms with Crippen molar-refractivity contribution in [3.8, 4) is 11.8 Å². The summed E-state index contributed by atoms with van der Waals surface area (Å²) in [6, 6.07) is 17.8. The van der Waals surface area contributed by atoms with Crippen LogP contribution in [0.25, 0.3) is 0 Å². The van der Waals surface area contributed by atoms with Crippen LogP contribution in [0.5, 0.6) is 5.75 Å². The molecule has 2 aromatic carbocycles. The highest BCUT2D eigenvalue weighted by molar-refractivity contribution is 5.71. The van der Waals surface area contributed by atoms with Gasteiger partial charge in [0.25, 0.3) is 0 Å². The molecule has 3 nitrogen and oxygen atoms in total. The van der Waals surface area contributed by atoms with Gasteiger partial charge in [-0.15, -0.1) is 0 Å². The zero-order chi connectivity index (χ0) is 12.4. The van der Waals surface area contributed by atoms with Crippen molar-refractivity contribution in [2.24, 2.45) is 0 Å². The highest BCUT2D eigenvalue weighted by Gasteiger charge is 2.18. The third kappa shape index (κ3) is 1.78. The van der Waals surface area contributed by atoms with Crippen molar-refractivity contribution >= 4 is 11.4 Å². The Bertz CT molecular complexity index is 616. The molecule has 0 N–H and O–H groups in total. The van der Waals surface area contributed by atoms with Gasteiger partial charge >= 0.3 is 0 Å². The number of para-hydroxylation sites is 2. The van der Waals surface area contributed by atoms with E-state index in [1.54, 1.807) is 0 Å². The Morgan fingerprint density at radius 2 is 2.00 bits per heavy atom. The van der Waals surface area contributed by atoms with Gasteiger partial charge in [0.2, 0.25) is 0 Å². The molecule has 0 spiro atoms. The third-order valence-corrected chi connectivity index (χ3v) is 3.02. The summed E-state index contributed by atoms with van der Waals surface area (Å²) in [6.07, 6.45) is 0. The maximum atomic E-state index is 8.96. The van der Waals surface area contributed by atoms with Gasteiger partial charge in [0, 0.05) is 5.69 Å². The molecule has 3 rings (SSSR count). The van der Waals surface area contributed by atoms with Crippen LogP contribution in [0, 0.1) is 11.3 Å². The fourth-order valence-electron chi connectivity index (χ4n) is 2.18. The molecule has 0 fully saturated rings. The lowest BCUT2D eigenvalue weighted by Gasteiger charge is -2.31. The van der Waals surface area contributed by atoms with Crippen molar-refractivity contribution in [3.63, 3.8) is 0 Å². The maximum absolute atomic E-state index is 8.96. The number of rotatable bonds is 1. The van der Waals surface area contributed by atoms with Crippen molar-refractivity contribution in [2.75, 3.05) is 18.1 Å². The van der Waals surface area contributed by atoms with Gasteiger partial charge in [-0.2, -0.15) is 5.26 Å². The number of fused-ring (bicyclic) bond motifs is 1. The lowest BCUT2D eigenvalue weighted by atomic mass is 10.1. The Morgan fingerprint density at radius 3 is 2.89 bits per heavy atom. The smallest absolute Gasteiger partial charge is 0.143 e. The lowest BCUT2D eigenvalue weighted by Crippen LogP contribution is -2.28. The summed E-state index contributed by atoms with van der Waals surface area (Å²) in [7, 11) is 0. The topological polar surface area (TPSA) is 36.3 Å². The number of hydrogen-bond donors (Lipinski definition) is 0. The molecule has 0 bridgehead atoms. The molecule has 0 aromatic heterocycles. The first-order chi connectivity index (χ1) is 8.88. The normalized spacial score (nSPS) is 13.4. The van der Waals surface area contributed by atoms with Crippen LogP contribution in [0.4, 0.5) is 11.4 Å². The van der Waals surface area contributed by atoms with Gasteiger partial charge in [0.1, 0.15) is 12.4 Å². The molecule has 3 heteroatoms. The molecular weight excluding hydrogens is 224 g/mol. The van der Waals surface area contributed by atoms with Gasteiger partial charge in [0.05, 0.1) is 23.9 Å². The molecule has 0 saturated heterocycles. The van der Waals surface area contributed by atoms with Crippen LogP contribution in [0.2, 0.25) is 0 Å². The molecule has 0 saturated carbocycles. The SMILES string of the molecule is N#Cc1cccc(N2CCOc3ccccc32)c1. The van der Waals surface area contributed by atoms with E-state index in [0.29, 0.717) is 12.2 Å². The van der Waals surface area contributed by atoms with Crippen LogP contribution in [0.1, 0.15) is 5.56 Å². The molecule has 1 aliphatic heterocycles. The summed E-state index contributed by atoms with van der Waals surface area (Å²) in [5, 5.41) is 8.96. The minimum absolute atomic E-state index is 0.661. The second kappa shape index (κ2) is 4.42. The van der Waals surface area contributed by atoms with Crippen LogP contribution < -0.4 is 9.64 Å². The zero-order valence-corrected chi connectivity index (χ0v) is 9.84. The fraction of sp³-hybridized carbons (Fsp3) is 0.133. The number of benzene rings is 2. The number of anilines is 2. The predicted octanol–water partition coefficient (Wildman–Crippen LogP) is 3.09. The molecule has 0 unspecified atom stereocenters. The summed E-state index contributed by atoms with van der Waals surface area (Å²) in [5.74, 6) is 0.895. The molecule has 2 aromatic rings. The van der Waals surface area contributed by atoms with Gasteiger partial charge in [-0.25, -0.2) is 0 Å². The van der Waals surface area contributed by atoms with E-state index in [1.807, 2.05) is 48.5 Å². The van der Waals surface area contributed by atoms with Crippen molar-refractivity contribution < 1.29 is 4.74 Å². The molecule has 88 valence electrons. The second-order valence-corrected chi connectivity index (χ2v) is 4.13. The summed E-state index contributed by atoms with van der Waals surface area (Å²) >= 11 is 0. The molecule has 0 amide bonds. The number of nitrogens with zero attached hydrogens (tertiary/aromatic N) is 2. The minimum Gasteiger partial charge on any atom is -0.490 e. The fourth-order valence-corrected chi connectivity index (χ4v) is 2.18. The Morgan fingerprint density at radius 1 is 1.11 bits per heavy atom. The molecule has 18 heavy (non-hydrogen) atoms. The van der Waals surface area contributed by atoms with E-state index in [4.69, 9.17) is 10.00 Å². The van der Waals surface area contributed by atoms with Gasteiger partial charge in [-0.3, -0.25) is 0 Å². The summed E-state index contributed by atoms with van der Waals surface area (Å²) in [6.45, 7) is 1.46. The molecular formula is C15H12N2O. The first kappa shape index (κ1) is 10.7. The van der Waals surface area contributed by atoms with Crippen molar-refractivity contribution in [1.29, 1.82) is 5.26 Å².